The van der Waals surface area contributed by atoms with Crippen LogP contribution in [0.15, 0.2) is 70.9 Å². The summed E-state index contributed by atoms with van der Waals surface area (Å²) in [5.74, 6) is -2.01. The SMILES string of the molecule is CCCCCc1cc(O)c(C/C=C(\C)CCC=C(C)C)c(OC(=O)C(=O)Oc2cc(CCCCC)cc(O)c2C/C=C(\C)CCC=C(C)C)c1. The Labute approximate surface area is 302 Å². The number of hydrogen-bond donors (Lipinski definition) is 2. The fourth-order valence-electron chi connectivity index (χ4n) is 5.63. The molecule has 2 N–H and O–H groups in total. The summed E-state index contributed by atoms with van der Waals surface area (Å²) in [5, 5.41) is 22.1. The van der Waals surface area contributed by atoms with Gasteiger partial charge in [0.25, 0.3) is 0 Å². The van der Waals surface area contributed by atoms with Gasteiger partial charge in [-0.1, -0.05) is 86.1 Å². The minimum absolute atomic E-state index is 0.0299. The molecule has 2 rings (SSSR count). The van der Waals surface area contributed by atoms with Gasteiger partial charge in [0.05, 0.1) is 0 Å². The van der Waals surface area contributed by atoms with Gasteiger partial charge in [0.2, 0.25) is 0 Å². The Morgan fingerprint density at radius 1 is 0.580 bits per heavy atom. The maximum atomic E-state index is 13.3. The summed E-state index contributed by atoms with van der Waals surface area (Å²) < 4.78 is 11.4. The van der Waals surface area contributed by atoms with E-state index < -0.39 is 11.9 Å². The zero-order valence-electron chi connectivity index (χ0n) is 32.0. The van der Waals surface area contributed by atoms with E-state index in [2.05, 4.69) is 53.7 Å². The van der Waals surface area contributed by atoms with Crippen molar-refractivity contribution in [2.24, 2.45) is 0 Å². The average molecular weight is 687 g/mol. The summed E-state index contributed by atoms with van der Waals surface area (Å²) >= 11 is 0. The van der Waals surface area contributed by atoms with E-state index in [1.54, 1.807) is 24.3 Å². The Bertz CT molecular complexity index is 1410. The van der Waals surface area contributed by atoms with Gasteiger partial charge in [-0.05, 0) is 141 Å². The average Bonchev–Trinajstić information content (AvgIpc) is 3.03. The highest BCUT2D eigenvalue weighted by Crippen LogP contribution is 2.34. The van der Waals surface area contributed by atoms with Gasteiger partial charge in [-0.3, -0.25) is 0 Å². The molecule has 0 saturated heterocycles. The van der Waals surface area contributed by atoms with Crippen molar-refractivity contribution in [3.63, 3.8) is 0 Å². The quantitative estimate of drug-likeness (QED) is 0.0473. The van der Waals surface area contributed by atoms with Gasteiger partial charge < -0.3 is 19.7 Å². The molecule has 0 spiro atoms. The number of carbonyl (C=O) groups is 2. The van der Waals surface area contributed by atoms with Crippen molar-refractivity contribution in [3.05, 3.63) is 93.1 Å². The molecule has 50 heavy (non-hydrogen) atoms. The number of unbranched alkanes of at least 4 members (excludes halogenated alkanes) is 4. The molecule has 0 aromatic heterocycles. The molecule has 0 aliphatic carbocycles. The lowest BCUT2D eigenvalue weighted by atomic mass is 10.00. The van der Waals surface area contributed by atoms with Crippen LogP contribution in [0.5, 0.6) is 23.0 Å². The molecular weight excluding hydrogens is 624 g/mol. The monoisotopic (exact) mass is 686 g/mol. The normalized spacial score (nSPS) is 11.7. The molecule has 2 aromatic carbocycles. The predicted octanol–water partition coefficient (Wildman–Crippen LogP) is 11.5. The first kappa shape index (κ1) is 42.1. The van der Waals surface area contributed by atoms with Crippen molar-refractivity contribution < 1.29 is 29.3 Å². The smallest absolute Gasteiger partial charge is 0.423 e. The van der Waals surface area contributed by atoms with Crippen LogP contribution in [0.3, 0.4) is 0 Å². The Kier molecular flexibility index (Phi) is 19.0. The fraction of sp³-hybridized carbons (Fsp3) is 0.500. The molecule has 0 aliphatic heterocycles. The molecule has 0 heterocycles. The van der Waals surface area contributed by atoms with Crippen LogP contribution in [-0.4, -0.2) is 22.2 Å². The lowest BCUT2D eigenvalue weighted by Crippen LogP contribution is -2.26. The van der Waals surface area contributed by atoms with E-state index in [0.717, 1.165) is 86.5 Å². The topological polar surface area (TPSA) is 93.1 Å². The molecule has 0 aliphatic rings. The molecule has 0 fully saturated rings. The van der Waals surface area contributed by atoms with Gasteiger partial charge in [-0.25, -0.2) is 9.59 Å². The number of hydrogen-bond acceptors (Lipinski definition) is 6. The van der Waals surface area contributed by atoms with Crippen LogP contribution in [0.4, 0.5) is 0 Å². The minimum Gasteiger partial charge on any atom is -0.508 e. The van der Waals surface area contributed by atoms with Crippen molar-refractivity contribution in [3.8, 4) is 23.0 Å². The van der Waals surface area contributed by atoms with Crippen molar-refractivity contribution in [1.82, 2.24) is 0 Å². The number of benzene rings is 2. The van der Waals surface area contributed by atoms with E-state index >= 15 is 0 Å². The number of phenolic OH excluding ortho intramolecular Hbond substituents is 2. The number of aryl methyl sites for hydroxylation is 2. The van der Waals surface area contributed by atoms with E-state index in [0.29, 0.717) is 36.8 Å². The van der Waals surface area contributed by atoms with Crippen LogP contribution in [-0.2, 0) is 35.3 Å². The summed E-state index contributed by atoms with van der Waals surface area (Å²) in [5.41, 5.74) is 7.38. The molecule has 0 unspecified atom stereocenters. The number of esters is 2. The third-order valence-electron chi connectivity index (χ3n) is 8.69. The molecule has 0 bridgehead atoms. The summed E-state index contributed by atoms with van der Waals surface area (Å²) in [6, 6.07) is 6.94. The van der Waals surface area contributed by atoms with Crippen LogP contribution in [0.25, 0.3) is 0 Å². The Balaban J connectivity index is 2.39. The van der Waals surface area contributed by atoms with Crippen molar-refractivity contribution in [1.29, 1.82) is 0 Å². The maximum absolute atomic E-state index is 13.3. The zero-order chi connectivity index (χ0) is 37.1. The van der Waals surface area contributed by atoms with Crippen LogP contribution < -0.4 is 9.47 Å². The van der Waals surface area contributed by atoms with Crippen LogP contribution >= 0.6 is 0 Å². The van der Waals surface area contributed by atoms with E-state index in [-0.39, 0.29) is 23.0 Å². The first-order chi connectivity index (χ1) is 23.8. The first-order valence-corrected chi connectivity index (χ1v) is 18.6. The number of phenols is 2. The van der Waals surface area contributed by atoms with E-state index in [4.69, 9.17) is 9.47 Å². The van der Waals surface area contributed by atoms with Crippen molar-refractivity contribution in [2.75, 3.05) is 0 Å². The molecule has 2 aromatic rings. The summed E-state index contributed by atoms with van der Waals surface area (Å²) in [6.07, 6.45) is 20.2. The number of aromatic hydroxyl groups is 2. The number of ether oxygens (including phenoxy) is 2. The van der Waals surface area contributed by atoms with Gasteiger partial charge in [-0.2, -0.15) is 0 Å². The lowest BCUT2D eigenvalue weighted by molar-refractivity contribution is -0.156. The van der Waals surface area contributed by atoms with E-state index in [1.807, 2.05) is 26.0 Å². The maximum Gasteiger partial charge on any atom is 0.423 e. The van der Waals surface area contributed by atoms with Crippen molar-refractivity contribution >= 4 is 11.9 Å². The van der Waals surface area contributed by atoms with Crippen LogP contribution in [0.1, 0.15) is 142 Å². The molecule has 0 amide bonds. The second kappa shape index (κ2) is 22.6. The summed E-state index contributed by atoms with van der Waals surface area (Å²) in [6.45, 7) is 16.6. The number of rotatable bonds is 20. The Morgan fingerprint density at radius 3 is 1.30 bits per heavy atom. The fourth-order valence-corrected chi connectivity index (χ4v) is 5.63. The molecule has 6 heteroatoms. The molecular formula is C44H62O6. The number of carbonyl (C=O) groups excluding carboxylic acids is 2. The van der Waals surface area contributed by atoms with E-state index in [1.165, 1.54) is 11.1 Å². The highest BCUT2D eigenvalue weighted by Gasteiger charge is 2.24. The minimum atomic E-state index is -1.18. The molecule has 6 nitrogen and oxygen atoms in total. The van der Waals surface area contributed by atoms with Gasteiger partial charge in [0, 0.05) is 11.1 Å². The second-order valence-electron chi connectivity index (χ2n) is 14.0. The van der Waals surface area contributed by atoms with E-state index in [9.17, 15) is 19.8 Å². The van der Waals surface area contributed by atoms with Gasteiger partial charge in [0.15, 0.2) is 0 Å². The summed E-state index contributed by atoms with van der Waals surface area (Å²) in [7, 11) is 0. The predicted molar refractivity (Wildman–Crippen MR) is 206 cm³/mol. The zero-order valence-corrected chi connectivity index (χ0v) is 32.0. The molecule has 274 valence electrons. The third kappa shape index (κ3) is 15.7. The van der Waals surface area contributed by atoms with Gasteiger partial charge >= 0.3 is 11.9 Å². The largest absolute Gasteiger partial charge is 0.508 e. The highest BCUT2D eigenvalue weighted by molar-refractivity contribution is 6.31. The standard InChI is InChI=1S/C44H62O6/c1-9-11-13-21-35-27-39(45)37(25-23-33(7)19-15-17-31(3)4)41(29-35)49-43(47)44(48)50-42-30-36(22-14-12-10-2)28-40(46)38(42)26-24-34(8)20-16-18-32(5)6/h17-18,23-24,27-30,45-46H,9-16,19-22,25-26H2,1-8H3/b33-23+,34-24+. The molecule has 0 radical (unpaired) electrons. The van der Waals surface area contributed by atoms with Crippen molar-refractivity contribution in [2.45, 2.75) is 145 Å². The van der Waals surface area contributed by atoms with Crippen LogP contribution in [0.2, 0.25) is 0 Å². The van der Waals surface area contributed by atoms with Gasteiger partial charge in [0.1, 0.15) is 23.0 Å². The molecule has 0 atom stereocenters. The highest BCUT2D eigenvalue weighted by atomic mass is 16.6. The lowest BCUT2D eigenvalue weighted by Gasteiger charge is -2.15. The number of allylic oxidation sites excluding steroid dienone is 8. The Morgan fingerprint density at radius 2 is 0.960 bits per heavy atom. The van der Waals surface area contributed by atoms with Crippen LogP contribution in [0, 0.1) is 0 Å². The first-order valence-electron chi connectivity index (χ1n) is 18.6. The van der Waals surface area contributed by atoms with Gasteiger partial charge in [-0.15, -0.1) is 0 Å². The third-order valence-corrected chi connectivity index (χ3v) is 8.69. The second-order valence-corrected chi connectivity index (χ2v) is 14.0. The Hall–Kier alpha value is -4.06. The summed E-state index contributed by atoms with van der Waals surface area (Å²) in [4.78, 5) is 26.7. The molecule has 0 saturated carbocycles.